The number of fused-ring (bicyclic) bond motifs is 1. The number of aromatic nitrogens is 1. The predicted octanol–water partition coefficient (Wildman–Crippen LogP) is 3.29. The van der Waals surface area contributed by atoms with Gasteiger partial charge in [0.1, 0.15) is 11.3 Å². The van der Waals surface area contributed by atoms with Crippen molar-refractivity contribution < 1.29 is 4.74 Å². The average molecular weight is 334 g/mol. The first-order valence-electron chi connectivity index (χ1n) is 8.38. The second-order valence-corrected chi connectivity index (χ2v) is 6.33. The Morgan fingerprint density at radius 1 is 1.13 bits per heavy atom. The number of pyridine rings is 1. The smallest absolute Gasteiger partial charge is 0.145 e. The van der Waals surface area contributed by atoms with Crippen LogP contribution >= 0.6 is 11.6 Å². The summed E-state index contributed by atoms with van der Waals surface area (Å²) in [6.45, 7) is 9.89. The number of benzene rings is 1. The quantitative estimate of drug-likeness (QED) is 0.758. The van der Waals surface area contributed by atoms with Crippen LogP contribution in [-0.4, -0.2) is 60.7 Å². The summed E-state index contributed by atoms with van der Waals surface area (Å²) in [6.07, 6.45) is 2.81. The van der Waals surface area contributed by atoms with Crippen LogP contribution in [0.4, 0.5) is 0 Å². The van der Waals surface area contributed by atoms with E-state index in [0.29, 0.717) is 11.6 Å². The second-order valence-electron chi connectivity index (χ2n) is 5.92. The first kappa shape index (κ1) is 16.5. The van der Waals surface area contributed by atoms with E-state index in [1.54, 1.807) is 6.20 Å². The molecule has 0 bridgehead atoms. The van der Waals surface area contributed by atoms with Gasteiger partial charge in [-0.3, -0.25) is 4.98 Å². The first-order valence-corrected chi connectivity index (χ1v) is 8.76. The second kappa shape index (κ2) is 7.95. The summed E-state index contributed by atoms with van der Waals surface area (Å²) in [5.74, 6) is 0.820. The Morgan fingerprint density at radius 3 is 2.70 bits per heavy atom. The summed E-state index contributed by atoms with van der Waals surface area (Å²) >= 11 is 6.21. The molecule has 1 aromatic heterocycles. The molecule has 0 unspecified atom stereocenters. The van der Waals surface area contributed by atoms with E-state index >= 15 is 0 Å². The lowest BCUT2D eigenvalue weighted by Crippen LogP contribution is -2.46. The monoisotopic (exact) mass is 333 g/mol. The highest BCUT2D eigenvalue weighted by Crippen LogP contribution is 2.29. The van der Waals surface area contributed by atoms with E-state index in [1.165, 1.54) is 26.2 Å². The van der Waals surface area contributed by atoms with E-state index in [-0.39, 0.29) is 0 Å². The largest absolute Gasteiger partial charge is 0.491 e. The molecule has 0 spiro atoms. The summed E-state index contributed by atoms with van der Waals surface area (Å²) in [5, 5.41) is 1.66. The molecule has 124 valence electrons. The molecule has 0 N–H and O–H groups in total. The fraction of sp³-hybridized carbons (Fsp3) is 0.500. The SMILES string of the molecule is CCN1CCN(CCCOc2ccc(Cl)c3cccnc23)CC1. The molecule has 2 aromatic rings. The van der Waals surface area contributed by atoms with Crippen LogP contribution in [0.3, 0.4) is 0 Å². The molecule has 0 saturated carbocycles. The van der Waals surface area contributed by atoms with Crippen LogP contribution in [0.15, 0.2) is 30.5 Å². The Morgan fingerprint density at radius 2 is 1.91 bits per heavy atom. The molecule has 1 fully saturated rings. The number of likely N-dealkylation sites (N-methyl/N-ethyl adjacent to an activating group) is 1. The van der Waals surface area contributed by atoms with Gasteiger partial charge in [-0.05, 0) is 37.2 Å². The zero-order valence-corrected chi connectivity index (χ0v) is 14.4. The summed E-state index contributed by atoms with van der Waals surface area (Å²) in [7, 11) is 0. The molecule has 23 heavy (non-hydrogen) atoms. The zero-order chi connectivity index (χ0) is 16.1. The van der Waals surface area contributed by atoms with Gasteiger partial charge in [-0.15, -0.1) is 0 Å². The van der Waals surface area contributed by atoms with Gasteiger partial charge in [0.25, 0.3) is 0 Å². The van der Waals surface area contributed by atoms with Gasteiger partial charge in [0, 0.05) is 44.3 Å². The highest BCUT2D eigenvalue weighted by molar-refractivity contribution is 6.35. The van der Waals surface area contributed by atoms with Crippen LogP contribution in [0.2, 0.25) is 5.02 Å². The fourth-order valence-electron chi connectivity index (χ4n) is 3.03. The number of ether oxygens (including phenoxy) is 1. The third-order valence-electron chi connectivity index (χ3n) is 4.47. The standard InChI is InChI=1S/C18H24ClN3O/c1-2-21-10-12-22(13-11-21)9-4-14-23-17-7-6-16(19)15-5-3-8-20-18(15)17/h3,5-8H,2,4,9-14H2,1H3. The first-order chi connectivity index (χ1) is 11.3. The molecule has 1 aliphatic rings. The number of rotatable bonds is 6. The van der Waals surface area contributed by atoms with Crippen LogP contribution in [0.25, 0.3) is 10.9 Å². The van der Waals surface area contributed by atoms with Gasteiger partial charge in [-0.25, -0.2) is 0 Å². The molecular formula is C18H24ClN3O. The molecule has 1 aromatic carbocycles. The third kappa shape index (κ3) is 4.14. The highest BCUT2D eigenvalue weighted by atomic mass is 35.5. The normalized spacial score (nSPS) is 16.8. The van der Waals surface area contributed by atoms with E-state index in [4.69, 9.17) is 16.3 Å². The fourth-order valence-corrected chi connectivity index (χ4v) is 3.24. The van der Waals surface area contributed by atoms with Gasteiger partial charge in [0.2, 0.25) is 0 Å². The molecule has 0 atom stereocenters. The van der Waals surface area contributed by atoms with Gasteiger partial charge in [-0.1, -0.05) is 18.5 Å². The molecule has 2 heterocycles. The van der Waals surface area contributed by atoms with E-state index in [1.807, 2.05) is 24.3 Å². The van der Waals surface area contributed by atoms with Crippen LogP contribution < -0.4 is 4.74 Å². The summed E-state index contributed by atoms with van der Waals surface area (Å²) < 4.78 is 5.95. The van der Waals surface area contributed by atoms with Crippen LogP contribution in [0.1, 0.15) is 13.3 Å². The Balaban J connectivity index is 1.49. The van der Waals surface area contributed by atoms with Crippen molar-refractivity contribution in [1.82, 2.24) is 14.8 Å². The summed E-state index contributed by atoms with van der Waals surface area (Å²) in [5.41, 5.74) is 0.844. The minimum absolute atomic E-state index is 0.710. The van der Waals surface area contributed by atoms with Gasteiger partial charge >= 0.3 is 0 Å². The average Bonchev–Trinajstić information content (AvgIpc) is 2.61. The summed E-state index contributed by atoms with van der Waals surface area (Å²) in [6, 6.07) is 7.67. The molecule has 3 rings (SSSR count). The van der Waals surface area contributed by atoms with Crippen LogP contribution in [-0.2, 0) is 0 Å². The Bertz CT molecular complexity index is 641. The minimum Gasteiger partial charge on any atom is -0.491 e. The lowest BCUT2D eigenvalue weighted by Gasteiger charge is -2.33. The van der Waals surface area contributed by atoms with Crippen molar-refractivity contribution in [2.45, 2.75) is 13.3 Å². The topological polar surface area (TPSA) is 28.6 Å². The van der Waals surface area contributed by atoms with Crippen molar-refractivity contribution in [3.63, 3.8) is 0 Å². The number of halogens is 1. The lowest BCUT2D eigenvalue weighted by molar-refractivity contribution is 0.130. The van der Waals surface area contributed by atoms with Crippen molar-refractivity contribution in [2.24, 2.45) is 0 Å². The van der Waals surface area contributed by atoms with Gasteiger partial charge in [0.15, 0.2) is 0 Å². The van der Waals surface area contributed by atoms with Crippen molar-refractivity contribution >= 4 is 22.5 Å². The van der Waals surface area contributed by atoms with Gasteiger partial charge in [-0.2, -0.15) is 0 Å². The molecule has 1 saturated heterocycles. The molecule has 0 amide bonds. The molecule has 0 aliphatic carbocycles. The third-order valence-corrected chi connectivity index (χ3v) is 4.80. The molecule has 5 heteroatoms. The van der Waals surface area contributed by atoms with E-state index in [2.05, 4.69) is 21.7 Å². The van der Waals surface area contributed by atoms with Crippen LogP contribution in [0, 0.1) is 0 Å². The van der Waals surface area contributed by atoms with E-state index < -0.39 is 0 Å². The molecule has 4 nitrogen and oxygen atoms in total. The maximum atomic E-state index is 6.21. The number of nitrogens with zero attached hydrogens (tertiary/aromatic N) is 3. The molecular weight excluding hydrogens is 310 g/mol. The predicted molar refractivity (Wildman–Crippen MR) is 95.4 cm³/mol. The zero-order valence-electron chi connectivity index (χ0n) is 13.7. The van der Waals surface area contributed by atoms with Crippen molar-refractivity contribution in [3.8, 4) is 5.75 Å². The Labute approximate surface area is 143 Å². The maximum Gasteiger partial charge on any atom is 0.145 e. The Kier molecular flexibility index (Phi) is 5.70. The van der Waals surface area contributed by atoms with Crippen molar-refractivity contribution in [3.05, 3.63) is 35.5 Å². The number of piperazine rings is 1. The molecule has 0 radical (unpaired) electrons. The van der Waals surface area contributed by atoms with E-state index in [9.17, 15) is 0 Å². The Hall–Kier alpha value is -1.36. The lowest BCUT2D eigenvalue weighted by atomic mass is 10.2. The molecule has 1 aliphatic heterocycles. The maximum absolute atomic E-state index is 6.21. The van der Waals surface area contributed by atoms with Gasteiger partial charge in [0.05, 0.1) is 11.6 Å². The van der Waals surface area contributed by atoms with Crippen molar-refractivity contribution in [1.29, 1.82) is 0 Å². The highest BCUT2D eigenvalue weighted by Gasteiger charge is 2.14. The van der Waals surface area contributed by atoms with Crippen LogP contribution in [0.5, 0.6) is 5.75 Å². The number of hydrogen-bond donors (Lipinski definition) is 0. The summed E-state index contributed by atoms with van der Waals surface area (Å²) in [4.78, 5) is 9.42. The number of hydrogen-bond acceptors (Lipinski definition) is 4. The minimum atomic E-state index is 0.710. The van der Waals surface area contributed by atoms with Gasteiger partial charge < -0.3 is 14.5 Å². The van der Waals surface area contributed by atoms with Crippen molar-refractivity contribution in [2.75, 3.05) is 45.9 Å². The van der Waals surface area contributed by atoms with E-state index in [0.717, 1.165) is 36.2 Å².